The van der Waals surface area contributed by atoms with Crippen molar-refractivity contribution in [3.63, 3.8) is 0 Å². The summed E-state index contributed by atoms with van der Waals surface area (Å²) in [5, 5.41) is 19.4. The predicted octanol–water partition coefficient (Wildman–Crippen LogP) is 2.72. The van der Waals surface area contributed by atoms with Crippen molar-refractivity contribution in [3.8, 4) is 6.07 Å². The molecule has 0 spiro atoms. The normalized spacial score (nSPS) is 10.3. The van der Waals surface area contributed by atoms with Crippen LogP contribution in [0.1, 0.15) is 24.5 Å². The van der Waals surface area contributed by atoms with Gasteiger partial charge in [0.15, 0.2) is 0 Å². The maximum Gasteiger partial charge on any atom is 0.323 e. The third kappa shape index (κ3) is 2.95. The molecule has 21 heavy (non-hydrogen) atoms. The van der Waals surface area contributed by atoms with Gasteiger partial charge in [-0.25, -0.2) is 4.98 Å². The average Bonchev–Trinajstić information content (AvgIpc) is 2.46. The van der Waals surface area contributed by atoms with Gasteiger partial charge in [0, 0.05) is 11.9 Å². The van der Waals surface area contributed by atoms with Gasteiger partial charge in [0.05, 0.1) is 11.1 Å². The summed E-state index contributed by atoms with van der Waals surface area (Å²) in [6.07, 6.45) is 0.783. The second-order valence-corrected chi connectivity index (χ2v) is 4.88. The number of nitrogens with zero attached hydrogens (tertiary/aromatic N) is 3. The third-order valence-corrected chi connectivity index (χ3v) is 3.36. The molecule has 0 bridgehead atoms. The highest BCUT2D eigenvalue weighted by Gasteiger charge is 2.19. The molecule has 0 fully saturated rings. The summed E-state index contributed by atoms with van der Waals surface area (Å²) in [6.45, 7) is 4.23. The zero-order valence-corrected chi connectivity index (χ0v) is 12.1. The molecule has 5 nitrogen and oxygen atoms in total. The minimum absolute atomic E-state index is 0.159. The van der Waals surface area contributed by atoms with E-state index >= 15 is 0 Å². The predicted molar refractivity (Wildman–Crippen MR) is 81.3 cm³/mol. The summed E-state index contributed by atoms with van der Waals surface area (Å²) in [5.41, 5.74) is 2.06. The van der Waals surface area contributed by atoms with Gasteiger partial charge in [0.1, 0.15) is 18.4 Å². The standard InChI is InChI=1S/C16H17N3O2/c1-3-8-19(10-15(20)21)16-13(9-17)11(2)12-6-4-5-7-14(12)18-16/h4-7H,3,8,10H2,1-2H3,(H,20,21). The molecule has 108 valence electrons. The van der Waals surface area contributed by atoms with E-state index in [-0.39, 0.29) is 6.54 Å². The Morgan fingerprint density at radius 3 is 2.76 bits per heavy atom. The maximum absolute atomic E-state index is 11.1. The number of hydrogen-bond acceptors (Lipinski definition) is 4. The number of aliphatic carboxylic acids is 1. The van der Waals surface area contributed by atoms with E-state index in [2.05, 4.69) is 11.1 Å². The maximum atomic E-state index is 11.1. The van der Waals surface area contributed by atoms with Gasteiger partial charge < -0.3 is 10.0 Å². The molecule has 5 heteroatoms. The van der Waals surface area contributed by atoms with E-state index in [1.165, 1.54) is 0 Å². The van der Waals surface area contributed by atoms with Gasteiger partial charge in [-0.15, -0.1) is 0 Å². The summed E-state index contributed by atoms with van der Waals surface area (Å²) in [6, 6.07) is 9.75. The Morgan fingerprint density at radius 2 is 2.14 bits per heavy atom. The van der Waals surface area contributed by atoms with Crippen LogP contribution in [0.2, 0.25) is 0 Å². The minimum Gasteiger partial charge on any atom is -0.480 e. The Kier molecular flexibility index (Phi) is 4.39. The fourth-order valence-corrected chi connectivity index (χ4v) is 2.42. The first-order valence-corrected chi connectivity index (χ1v) is 6.84. The van der Waals surface area contributed by atoms with Gasteiger partial charge in [0.2, 0.25) is 0 Å². The summed E-state index contributed by atoms with van der Waals surface area (Å²) < 4.78 is 0. The topological polar surface area (TPSA) is 77.2 Å². The van der Waals surface area contributed by atoms with Crippen molar-refractivity contribution in [3.05, 3.63) is 35.4 Å². The number of carboxylic acids is 1. The lowest BCUT2D eigenvalue weighted by Crippen LogP contribution is -2.32. The van der Waals surface area contributed by atoms with Crippen LogP contribution in [0.3, 0.4) is 0 Å². The van der Waals surface area contributed by atoms with E-state index in [9.17, 15) is 10.1 Å². The van der Waals surface area contributed by atoms with Crippen molar-refractivity contribution in [2.45, 2.75) is 20.3 Å². The van der Waals surface area contributed by atoms with Crippen LogP contribution in [0, 0.1) is 18.3 Å². The molecule has 0 radical (unpaired) electrons. The molecule has 1 N–H and O–H groups in total. The zero-order chi connectivity index (χ0) is 15.4. The van der Waals surface area contributed by atoms with Crippen LogP contribution >= 0.6 is 0 Å². The lowest BCUT2D eigenvalue weighted by molar-refractivity contribution is -0.135. The zero-order valence-electron chi connectivity index (χ0n) is 12.1. The Morgan fingerprint density at radius 1 is 1.43 bits per heavy atom. The molecule has 1 heterocycles. The van der Waals surface area contributed by atoms with Crippen molar-refractivity contribution in [1.29, 1.82) is 5.26 Å². The fourth-order valence-electron chi connectivity index (χ4n) is 2.42. The number of para-hydroxylation sites is 1. The van der Waals surface area contributed by atoms with Gasteiger partial charge in [0.25, 0.3) is 0 Å². The van der Waals surface area contributed by atoms with E-state index in [1.807, 2.05) is 38.1 Å². The second-order valence-electron chi connectivity index (χ2n) is 4.88. The van der Waals surface area contributed by atoms with E-state index in [0.717, 1.165) is 22.9 Å². The number of benzene rings is 1. The van der Waals surface area contributed by atoms with Crippen LogP contribution in [0.5, 0.6) is 0 Å². The molecule has 0 saturated heterocycles. The van der Waals surface area contributed by atoms with Crippen molar-refractivity contribution in [2.75, 3.05) is 18.0 Å². The second kappa shape index (κ2) is 6.23. The number of hydrogen-bond donors (Lipinski definition) is 1. The molecule has 0 unspecified atom stereocenters. The Bertz CT molecular complexity index is 719. The van der Waals surface area contributed by atoms with Crippen LogP contribution in [0.15, 0.2) is 24.3 Å². The van der Waals surface area contributed by atoms with Crippen LogP contribution in [0.4, 0.5) is 5.82 Å². The number of rotatable bonds is 5. The highest BCUT2D eigenvalue weighted by atomic mass is 16.4. The molecule has 1 aromatic heterocycles. The SMILES string of the molecule is CCCN(CC(=O)O)c1nc2ccccc2c(C)c1C#N. The molecule has 2 aromatic rings. The Labute approximate surface area is 123 Å². The molecular formula is C16H17N3O2. The number of pyridine rings is 1. The molecule has 1 aromatic carbocycles. The summed E-state index contributed by atoms with van der Waals surface area (Å²) in [4.78, 5) is 17.2. The Balaban J connectivity index is 2.65. The third-order valence-electron chi connectivity index (χ3n) is 3.36. The van der Waals surface area contributed by atoms with E-state index in [0.29, 0.717) is 17.9 Å². The van der Waals surface area contributed by atoms with Crippen LogP contribution in [-0.4, -0.2) is 29.1 Å². The molecule has 0 aliphatic heterocycles. The number of fused-ring (bicyclic) bond motifs is 1. The minimum atomic E-state index is -0.931. The number of aryl methyl sites for hydroxylation is 1. The highest BCUT2D eigenvalue weighted by molar-refractivity contribution is 5.87. The van der Waals surface area contributed by atoms with Crippen LogP contribution < -0.4 is 4.90 Å². The largest absolute Gasteiger partial charge is 0.480 e. The first-order chi connectivity index (χ1) is 10.1. The van der Waals surface area contributed by atoms with E-state index in [4.69, 9.17) is 5.11 Å². The summed E-state index contributed by atoms with van der Waals surface area (Å²) in [7, 11) is 0. The van der Waals surface area contributed by atoms with Crippen LogP contribution in [-0.2, 0) is 4.79 Å². The molecule has 2 rings (SSSR count). The molecule has 0 atom stereocenters. The molecule has 0 aliphatic carbocycles. The van der Waals surface area contributed by atoms with E-state index < -0.39 is 5.97 Å². The van der Waals surface area contributed by atoms with Gasteiger partial charge in [-0.1, -0.05) is 25.1 Å². The van der Waals surface area contributed by atoms with E-state index in [1.54, 1.807) is 4.90 Å². The van der Waals surface area contributed by atoms with Crippen molar-refractivity contribution in [1.82, 2.24) is 4.98 Å². The van der Waals surface area contributed by atoms with Crippen molar-refractivity contribution >= 4 is 22.7 Å². The van der Waals surface area contributed by atoms with Gasteiger partial charge in [-0.3, -0.25) is 4.79 Å². The summed E-state index contributed by atoms with van der Waals surface area (Å²) in [5.74, 6) is -0.474. The number of carbonyl (C=O) groups is 1. The van der Waals surface area contributed by atoms with Gasteiger partial charge >= 0.3 is 5.97 Å². The van der Waals surface area contributed by atoms with Gasteiger partial charge in [-0.05, 0) is 25.0 Å². The first-order valence-electron chi connectivity index (χ1n) is 6.84. The molecule has 0 aliphatic rings. The first kappa shape index (κ1) is 14.8. The lowest BCUT2D eigenvalue weighted by Gasteiger charge is -2.23. The van der Waals surface area contributed by atoms with Crippen molar-refractivity contribution in [2.24, 2.45) is 0 Å². The van der Waals surface area contributed by atoms with Crippen molar-refractivity contribution < 1.29 is 9.90 Å². The quantitative estimate of drug-likeness (QED) is 0.913. The molecule has 0 amide bonds. The van der Waals surface area contributed by atoms with Crippen LogP contribution in [0.25, 0.3) is 10.9 Å². The number of anilines is 1. The average molecular weight is 283 g/mol. The molecule has 0 saturated carbocycles. The monoisotopic (exact) mass is 283 g/mol. The number of carboxylic acid groups (broad SMARTS) is 1. The van der Waals surface area contributed by atoms with Gasteiger partial charge in [-0.2, -0.15) is 5.26 Å². The molecular weight excluding hydrogens is 266 g/mol. The highest BCUT2D eigenvalue weighted by Crippen LogP contribution is 2.27. The number of nitriles is 1. The fraction of sp³-hybridized carbons (Fsp3) is 0.312. The Hall–Kier alpha value is -2.61. The number of aromatic nitrogens is 1. The smallest absolute Gasteiger partial charge is 0.323 e. The summed E-state index contributed by atoms with van der Waals surface area (Å²) >= 11 is 0. The lowest BCUT2D eigenvalue weighted by atomic mass is 10.0.